The second-order valence-corrected chi connectivity index (χ2v) is 7.20. The topological polar surface area (TPSA) is 105 Å². The number of pyridine rings is 1. The van der Waals surface area contributed by atoms with Crippen molar-refractivity contribution >= 4 is 16.8 Å². The van der Waals surface area contributed by atoms with E-state index in [1.807, 2.05) is 12.3 Å². The van der Waals surface area contributed by atoms with Crippen LogP contribution in [-0.2, 0) is 0 Å². The summed E-state index contributed by atoms with van der Waals surface area (Å²) in [5.74, 6) is 2.23. The molecule has 140 valence electrons. The van der Waals surface area contributed by atoms with Crippen LogP contribution in [0.3, 0.4) is 0 Å². The molecule has 5 rings (SSSR count). The first-order valence-corrected chi connectivity index (χ1v) is 9.46. The van der Waals surface area contributed by atoms with Gasteiger partial charge in [-0.1, -0.05) is 13.3 Å². The van der Waals surface area contributed by atoms with Gasteiger partial charge in [-0.05, 0) is 30.9 Å². The molecule has 0 unspecified atom stereocenters. The molecule has 0 aromatic carbocycles. The molecule has 1 aliphatic carbocycles. The van der Waals surface area contributed by atoms with Crippen molar-refractivity contribution in [2.45, 2.75) is 38.2 Å². The highest BCUT2D eigenvalue weighted by Crippen LogP contribution is 2.42. The van der Waals surface area contributed by atoms with Gasteiger partial charge in [0.2, 0.25) is 5.88 Å². The van der Waals surface area contributed by atoms with E-state index in [0.29, 0.717) is 17.4 Å². The van der Waals surface area contributed by atoms with Crippen molar-refractivity contribution in [3.63, 3.8) is 0 Å². The van der Waals surface area contributed by atoms with E-state index in [1.54, 1.807) is 24.5 Å². The largest absolute Gasteiger partial charge is 0.474 e. The van der Waals surface area contributed by atoms with E-state index in [0.717, 1.165) is 41.9 Å². The van der Waals surface area contributed by atoms with Crippen LogP contribution in [0.1, 0.15) is 43.5 Å². The number of rotatable bonds is 4. The highest BCUT2D eigenvalue weighted by atomic mass is 16.5. The van der Waals surface area contributed by atoms with Gasteiger partial charge < -0.3 is 9.72 Å². The molecule has 1 N–H and O–H groups in total. The Kier molecular flexibility index (Phi) is 3.93. The number of aromatic nitrogens is 6. The van der Waals surface area contributed by atoms with Gasteiger partial charge in [0.05, 0.1) is 17.3 Å². The summed E-state index contributed by atoms with van der Waals surface area (Å²) in [6.45, 7) is 2.21. The summed E-state index contributed by atoms with van der Waals surface area (Å²) in [4.78, 5) is 11.8. The highest BCUT2D eigenvalue weighted by molar-refractivity contribution is 5.74. The lowest BCUT2D eigenvalue weighted by molar-refractivity contribution is 0.195. The van der Waals surface area contributed by atoms with E-state index in [9.17, 15) is 0 Å². The maximum absolute atomic E-state index is 8.91. The Morgan fingerprint density at radius 3 is 2.93 bits per heavy atom. The minimum Gasteiger partial charge on any atom is -0.474 e. The van der Waals surface area contributed by atoms with Gasteiger partial charge in [0.1, 0.15) is 18.0 Å². The van der Waals surface area contributed by atoms with Crippen molar-refractivity contribution in [2.75, 3.05) is 0 Å². The van der Waals surface area contributed by atoms with Crippen molar-refractivity contribution in [3.8, 4) is 11.9 Å². The lowest BCUT2D eigenvalue weighted by Gasteiger charge is -2.15. The smallest absolute Gasteiger partial charge is 0.213 e. The number of fused-ring (bicyclic) bond motifs is 3. The van der Waals surface area contributed by atoms with Crippen LogP contribution in [-0.4, -0.2) is 35.7 Å². The zero-order valence-electron chi connectivity index (χ0n) is 15.4. The number of hydrogen-bond donors (Lipinski definition) is 1. The van der Waals surface area contributed by atoms with Gasteiger partial charge in [0.15, 0.2) is 11.3 Å². The highest BCUT2D eigenvalue weighted by Gasteiger charge is 2.38. The lowest BCUT2D eigenvalue weighted by atomic mass is 9.93. The van der Waals surface area contributed by atoms with Gasteiger partial charge in [-0.2, -0.15) is 5.26 Å². The number of aromatic amines is 1. The summed E-state index contributed by atoms with van der Waals surface area (Å²) in [5.41, 5.74) is 3.11. The van der Waals surface area contributed by atoms with Crippen LogP contribution in [0.25, 0.3) is 16.8 Å². The van der Waals surface area contributed by atoms with Gasteiger partial charge in [-0.3, -0.25) is 4.40 Å². The van der Waals surface area contributed by atoms with E-state index < -0.39 is 0 Å². The lowest BCUT2D eigenvalue weighted by Crippen LogP contribution is -2.13. The minimum atomic E-state index is 0.0614. The number of ether oxygens (including phenoxy) is 1. The molecule has 0 saturated heterocycles. The van der Waals surface area contributed by atoms with Crippen LogP contribution in [0.2, 0.25) is 0 Å². The molecule has 0 spiro atoms. The number of nitrogens with zero attached hydrogens (tertiary/aromatic N) is 6. The third kappa shape index (κ3) is 2.67. The molecule has 28 heavy (non-hydrogen) atoms. The number of nitriles is 1. The van der Waals surface area contributed by atoms with E-state index in [1.165, 1.54) is 0 Å². The first-order valence-electron chi connectivity index (χ1n) is 9.46. The van der Waals surface area contributed by atoms with Crippen molar-refractivity contribution in [2.24, 2.45) is 5.92 Å². The van der Waals surface area contributed by atoms with Crippen LogP contribution in [0.4, 0.5) is 0 Å². The van der Waals surface area contributed by atoms with Crippen LogP contribution in [0.15, 0.2) is 36.8 Å². The zero-order chi connectivity index (χ0) is 19.1. The van der Waals surface area contributed by atoms with Crippen LogP contribution >= 0.6 is 0 Å². The van der Waals surface area contributed by atoms with Crippen molar-refractivity contribution in [1.82, 2.24) is 29.5 Å². The predicted molar refractivity (Wildman–Crippen MR) is 102 cm³/mol. The summed E-state index contributed by atoms with van der Waals surface area (Å²) < 4.78 is 8.23. The molecule has 8 nitrogen and oxygen atoms in total. The van der Waals surface area contributed by atoms with Gasteiger partial charge in [0, 0.05) is 24.4 Å². The Morgan fingerprint density at radius 2 is 2.14 bits per heavy atom. The Morgan fingerprint density at radius 1 is 1.21 bits per heavy atom. The Bertz CT molecular complexity index is 1170. The SMILES string of the molecule is CC[C@@H]1C[C@@H](Oc2ccc(C#N)cn2)C[C@@H]1c1nnc2cnc3[nH]ccc3n12. The summed E-state index contributed by atoms with van der Waals surface area (Å²) in [6.07, 6.45) is 8.08. The maximum Gasteiger partial charge on any atom is 0.213 e. The molecule has 3 atom stereocenters. The van der Waals surface area contributed by atoms with Crippen molar-refractivity contribution in [3.05, 3.63) is 48.2 Å². The van der Waals surface area contributed by atoms with Gasteiger partial charge in [0.25, 0.3) is 0 Å². The second-order valence-electron chi connectivity index (χ2n) is 7.20. The average Bonchev–Trinajstić information content (AvgIpc) is 3.45. The molecule has 4 heterocycles. The normalized spacial score (nSPS) is 21.9. The summed E-state index contributed by atoms with van der Waals surface area (Å²) in [6, 6.07) is 7.57. The van der Waals surface area contributed by atoms with Gasteiger partial charge in [-0.25, -0.2) is 9.97 Å². The maximum atomic E-state index is 8.91. The van der Waals surface area contributed by atoms with Crippen molar-refractivity contribution < 1.29 is 4.74 Å². The summed E-state index contributed by atoms with van der Waals surface area (Å²) in [7, 11) is 0. The molecular formula is C20H19N7O. The third-order valence-corrected chi connectivity index (χ3v) is 5.63. The molecule has 4 aromatic rings. The monoisotopic (exact) mass is 373 g/mol. The number of H-pyrrole nitrogens is 1. The van der Waals surface area contributed by atoms with E-state index in [-0.39, 0.29) is 12.0 Å². The molecule has 1 fully saturated rings. The fraction of sp³-hybridized carbons (Fsp3) is 0.350. The molecule has 4 aromatic heterocycles. The third-order valence-electron chi connectivity index (χ3n) is 5.63. The first-order chi connectivity index (χ1) is 13.8. The van der Waals surface area contributed by atoms with Gasteiger partial charge in [-0.15, -0.1) is 10.2 Å². The Labute approximate surface area is 161 Å². The van der Waals surface area contributed by atoms with Crippen molar-refractivity contribution in [1.29, 1.82) is 5.26 Å². The molecule has 8 heteroatoms. The molecule has 1 saturated carbocycles. The number of nitrogens with one attached hydrogen (secondary N) is 1. The molecule has 0 radical (unpaired) electrons. The standard InChI is InChI=1S/C20H19N7O/c1-2-13-7-14(28-18-4-3-12(9-21)10-23-18)8-15(13)20-26-25-17-11-24-19-16(27(17)20)5-6-22-19/h3-6,10-11,13-15,22H,2,7-8H2,1H3/t13-,14-,15+/m1/s1. The van der Waals surface area contributed by atoms with E-state index in [2.05, 4.69) is 42.5 Å². The quantitative estimate of drug-likeness (QED) is 0.589. The van der Waals surface area contributed by atoms with Gasteiger partial charge >= 0.3 is 0 Å². The van der Waals surface area contributed by atoms with Crippen LogP contribution < -0.4 is 4.74 Å². The predicted octanol–water partition coefficient (Wildman–Crippen LogP) is 3.22. The summed E-state index contributed by atoms with van der Waals surface area (Å²) in [5, 5.41) is 17.8. The Balaban J connectivity index is 1.46. The average molecular weight is 373 g/mol. The fourth-order valence-corrected chi connectivity index (χ4v) is 4.26. The Hall–Kier alpha value is -3.47. The van der Waals surface area contributed by atoms with E-state index >= 15 is 0 Å². The van der Waals surface area contributed by atoms with E-state index in [4.69, 9.17) is 10.00 Å². The zero-order valence-corrected chi connectivity index (χ0v) is 15.4. The summed E-state index contributed by atoms with van der Waals surface area (Å²) >= 11 is 0. The van der Waals surface area contributed by atoms with Crippen LogP contribution in [0.5, 0.6) is 5.88 Å². The molecule has 1 aliphatic rings. The number of hydrogen-bond acceptors (Lipinski definition) is 6. The fourth-order valence-electron chi connectivity index (χ4n) is 4.26. The second kappa shape index (κ2) is 6.60. The minimum absolute atomic E-state index is 0.0614. The molecule has 0 aliphatic heterocycles. The molecule has 0 bridgehead atoms. The first kappa shape index (κ1) is 16.7. The van der Waals surface area contributed by atoms with Crippen LogP contribution in [0, 0.1) is 17.2 Å². The molecular weight excluding hydrogens is 354 g/mol. The molecule has 0 amide bonds.